The molecule has 3 aliphatic carbocycles. The largest absolute Gasteiger partial charge is 0.376 e. The number of aromatic nitrogens is 5. The summed E-state index contributed by atoms with van der Waals surface area (Å²) < 4.78 is 10.7. The van der Waals surface area contributed by atoms with Gasteiger partial charge in [-0.05, 0) is 75.3 Å². The molecule has 1 aliphatic heterocycles. The molecule has 0 N–H and O–H groups in total. The molecule has 6 rings (SSSR count). The van der Waals surface area contributed by atoms with Crippen LogP contribution in [0.25, 0.3) is 0 Å². The van der Waals surface area contributed by atoms with Crippen LogP contribution in [0.2, 0.25) is 0 Å². The summed E-state index contributed by atoms with van der Waals surface area (Å²) in [4.78, 5) is 2.68. The lowest BCUT2D eigenvalue weighted by molar-refractivity contribution is -0.0375. The van der Waals surface area contributed by atoms with Crippen molar-refractivity contribution in [2.24, 2.45) is 17.8 Å². The second-order valence-electron chi connectivity index (χ2n) is 10.2. The van der Waals surface area contributed by atoms with Crippen LogP contribution in [0.1, 0.15) is 62.6 Å². The Morgan fingerprint density at radius 1 is 1.03 bits per heavy atom. The topological polar surface area (TPSA) is 61.0 Å². The molecule has 7 heteroatoms. The second-order valence-corrected chi connectivity index (χ2v) is 10.2. The van der Waals surface area contributed by atoms with Crippen LogP contribution in [0.15, 0.2) is 24.7 Å². The first-order chi connectivity index (χ1) is 14.8. The van der Waals surface area contributed by atoms with Gasteiger partial charge in [0.1, 0.15) is 0 Å². The Kier molecular flexibility index (Phi) is 5.11. The van der Waals surface area contributed by atoms with Gasteiger partial charge in [-0.15, -0.1) is 5.10 Å². The van der Waals surface area contributed by atoms with Crippen molar-refractivity contribution in [2.75, 3.05) is 26.2 Å². The standard InChI is InChI=1S/C23H34N6O/c1-7-24-28(9-1)10-2-8-27-13-19-11-22(29-15-21(25-26-29)18-5-6-18)23(12-20(19)14-27)30-16-17-3-4-17/h1,7,9,15,17-20,22-23H,2-6,8,10-14,16H2/t19-,20+,22-,23-/m1/s1. The summed E-state index contributed by atoms with van der Waals surface area (Å²) >= 11 is 0. The molecule has 0 spiro atoms. The number of hydrogen-bond acceptors (Lipinski definition) is 5. The average molecular weight is 411 g/mol. The van der Waals surface area contributed by atoms with E-state index < -0.39 is 0 Å². The molecule has 0 unspecified atom stereocenters. The van der Waals surface area contributed by atoms with Crippen LogP contribution in [-0.2, 0) is 11.3 Å². The van der Waals surface area contributed by atoms with E-state index in [1.807, 2.05) is 16.9 Å². The first-order valence-electron chi connectivity index (χ1n) is 12.0. The summed E-state index contributed by atoms with van der Waals surface area (Å²) in [5.74, 6) is 3.00. The summed E-state index contributed by atoms with van der Waals surface area (Å²) in [6, 6.07) is 2.36. The average Bonchev–Trinajstić information content (AvgIpc) is 3.62. The van der Waals surface area contributed by atoms with Crippen LogP contribution in [-0.4, -0.2) is 62.0 Å². The quantitative estimate of drug-likeness (QED) is 0.636. The number of fused-ring (bicyclic) bond motifs is 1. The Balaban J connectivity index is 1.10. The zero-order chi connectivity index (χ0) is 19.9. The van der Waals surface area contributed by atoms with Crippen molar-refractivity contribution in [1.29, 1.82) is 0 Å². The molecule has 4 atom stereocenters. The zero-order valence-corrected chi connectivity index (χ0v) is 17.9. The number of hydrogen-bond donors (Lipinski definition) is 0. The van der Waals surface area contributed by atoms with Gasteiger partial charge in [-0.1, -0.05) is 5.21 Å². The zero-order valence-electron chi connectivity index (χ0n) is 17.9. The van der Waals surface area contributed by atoms with E-state index in [0.29, 0.717) is 18.1 Å². The van der Waals surface area contributed by atoms with Crippen LogP contribution in [0.3, 0.4) is 0 Å². The minimum absolute atomic E-state index is 0.296. The van der Waals surface area contributed by atoms with Gasteiger partial charge in [0.05, 0.1) is 17.8 Å². The van der Waals surface area contributed by atoms with Crippen LogP contribution in [0, 0.1) is 17.8 Å². The molecule has 2 aromatic rings. The fourth-order valence-corrected chi connectivity index (χ4v) is 5.58. The lowest BCUT2D eigenvalue weighted by Crippen LogP contribution is -2.38. The third-order valence-corrected chi connectivity index (χ3v) is 7.69. The molecule has 0 aromatic carbocycles. The molecule has 0 radical (unpaired) electrons. The van der Waals surface area contributed by atoms with Crippen molar-refractivity contribution in [3.63, 3.8) is 0 Å². The molecular formula is C23H34N6O. The SMILES string of the molecule is c1cnn(CCCN2C[C@H]3C[C@@H](n4cc(C5CC5)nn4)[C@H](OCC4CC4)C[C@H]3C2)c1. The smallest absolute Gasteiger partial charge is 0.0858 e. The van der Waals surface area contributed by atoms with Gasteiger partial charge in [0.2, 0.25) is 0 Å². The van der Waals surface area contributed by atoms with Gasteiger partial charge in [-0.25, -0.2) is 4.68 Å². The summed E-state index contributed by atoms with van der Waals surface area (Å²) in [7, 11) is 0. The van der Waals surface area contributed by atoms with Crippen molar-refractivity contribution in [1.82, 2.24) is 29.7 Å². The first-order valence-corrected chi connectivity index (χ1v) is 12.0. The number of likely N-dealkylation sites (tertiary alicyclic amines) is 1. The Hall–Kier alpha value is -1.73. The van der Waals surface area contributed by atoms with E-state index in [1.165, 1.54) is 70.3 Å². The lowest BCUT2D eigenvalue weighted by Gasteiger charge is -2.37. The highest BCUT2D eigenvalue weighted by Crippen LogP contribution is 2.44. The maximum Gasteiger partial charge on any atom is 0.0858 e. The van der Waals surface area contributed by atoms with Gasteiger partial charge in [-0.3, -0.25) is 4.68 Å². The van der Waals surface area contributed by atoms with Crippen molar-refractivity contribution in [3.8, 4) is 0 Å². The van der Waals surface area contributed by atoms with E-state index in [-0.39, 0.29) is 0 Å². The summed E-state index contributed by atoms with van der Waals surface area (Å²) in [6.07, 6.45) is 15.2. The third-order valence-electron chi connectivity index (χ3n) is 7.69. The lowest BCUT2D eigenvalue weighted by atomic mass is 9.77. The van der Waals surface area contributed by atoms with Gasteiger partial charge in [0.15, 0.2) is 0 Å². The summed E-state index contributed by atoms with van der Waals surface area (Å²) in [6.45, 7) is 5.57. The van der Waals surface area contributed by atoms with E-state index in [2.05, 4.69) is 37.4 Å². The van der Waals surface area contributed by atoms with E-state index in [0.717, 1.165) is 30.9 Å². The van der Waals surface area contributed by atoms with Crippen LogP contribution >= 0.6 is 0 Å². The predicted octanol–water partition coefficient (Wildman–Crippen LogP) is 3.12. The minimum Gasteiger partial charge on any atom is -0.376 e. The van der Waals surface area contributed by atoms with Gasteiger partial charge in [-0.2, -0.15) is 5.10 Å². The molecule has 1 saturated heterocycles. The number of aryl methyl sites for hydroxylation is 1. The molecular weight excluding hydrogens is 376 g/mol. The summed E-state index contributed by atoms with van der Waals surface area (Å²) in [5, 5.41) is 13.4. The van der Waals surface area contributed by atoms with Crippen molar-refractivity contribution in [2.45, 2.75) is 69.6 Å². The van der Waals surface area contributed by atoms with Crippen molar-refractivity contribution < 1.29 is 4.74 Å². The molecule has 162 valence electrons. The third kappa shape index (κ3) is 4.19. The maximum atomic E-state index is 6.51. The Labute approximate surface area is 178 Å². The van der Waals surface area contributed by atoms with Gasteiger partial charge in [0.25, 0.3) is 0 Å². The van der Waals surface area contributed by atoms with Gasteiger partial charge >= 0.3 is 0 Å². The predicted molar refractivity (Wildman–Crippen MR) is 113 cm³/mol. The van der Waals surface area contributed by atoms with E-state index in [9.17, 15) is 0 Å². The maximum absolute atomic E-state index is 6.51. The van der Waals surface area contributed by atoms with Crippen molar-refractivity contribution >= 4 is 0 Å². The van der Waals surface area contributed by atoms with E-state index >= 15 is 0 Å². The fourth-order valence-electron chi connectivity index (χ4n) is 5.58. The minimum atomic E-state index is 0.296. The molecule has 0 amide bonds. The van der Waals surface area contributed by atoms with Crippen LogP contribution in [0.5, 0.6) is 0 Å². The van der Waals surface area contributed by atoms with E-state index in [4.69, 9.17) is 4.74 Å². The molecule has 2 aromatic heterocycles. The highest BCUT2D eigenvalue weighted by molar-refractivity contribution is 5.10. The van der Waals surface area contributed by atoms with Crippen molar-refractivity contribution in [3.05, 3.63) is 30.4 Å². The van der Waals surface area contributed by atoms with Gasteiger partial charge in [0, 0.05) is 50.7 Å². The fraction of sp³-hybridized carbons (Fsp3) is 0.783. The molecule has 3 saturated carbocycles. The Morgan fingerprint density at radius 3 is 2.67 bits per heavy atom. The molecule has 0 bridgehead atoms. The molecule has 3 heterocycles. The molecule has 7 nitrogen and oxygen atoms in total. The van der Waals surface area contributed by atoms with E-state index in [1.54, 1.807) is 0 Å². The Bertz CT molecular complexity index is 827. The van der Waals surface area contributed by atoms with Crippen LogP contribution in [0.4, 0.5) is 0 Å². The number of rotatable bonds is 9. The second kappa shape index (κ2) is 8.08. The number of nitrogens with zero attached hydrogens (tertiary/aromatic N) is 6. The highest BCUT2D eigenvalue weighted by Gasteiger charge is 2.44. The molecule has 4 fully saturated rings. The first kappa shape index (κ1) is 19.0. The monoisotopic (exact) mass is 410 g/mol. The highest BCUT2D eigenvalue weighted by atomic mass is 16.5. The van der Waals surface area contributed by atoms with Gasteiger partial charge < -0.3 is 9.64 Å². The Morgan fingerprint density at radius 2 is 1.90 bits per heavy atom. The summed E-state index contributed by atoms with van der Waals surface area (Å²) in [5.41, 5.74) is 1.20. The molecule has 4 aliphatic rings. The molecule has 30 heavy (non-hydrogen) atoms. The number of ether oxygens (including phenoxy) is 1. The van der Waals surface area contributed by atoms with Crippen LogP contribution < -0.4 is 0 Å². The normalized spacial score (nSPS) is 31.9.